The van der Waals surface area contributed by atoms with Crippen molar-refractivity contribution in [1.82, 2.24) is 10.6 Å². The van der Waals surface area contributed by atoms with Gasteiger partial charge in [0.25, 0.3) is 0 Å². The molecular weight excluding hydrogens is 404 g/mol. The molecule has 180 valence electrons. The maximum absolute atomic E-state index is 12.6. The number of carboxylic acid groups (broad SMARTS) is 1. The maximum atomic E-state index is 12.6. The van der Waals surface area contributed by atoms with Crippen LogP contribution in [0.2, 0.25) is 0 Å². The van der Waals surface area contributed by atoms with Crippen molar-refractivity contribution < 1.29 is 33.8 Å². The number of amides is 2. The van der Waals surface area contributed by atoms with Gasteiger partial charge >= 0.3 is 23.9 Å². The Bertz CT molecular complexity index is 640. The van der Waals surface area contributed by atoms with Gasteiger partial charge < -0.3 is 25.2 Å². The van der Waals surface area contributed by atoms with Crippen LogP contribution in [-0.2, 0) is 23.9 Å². The topological polar surface area (TPSA) is 131 Å². The zero-order chi connectivity index (χ0) is 24.6. The molecule has 0 aliphatic carbocycles. The van der Waals surface area contributed by atoms with Crippen molar-refractivity contribution in [3.05, 3.63) is 0 Å². The standard InChI is InChI=1S/C22H40N2O7/c1-20(2,3)13-12-15(18(28)31-22(7,8)9)24-19(29)23-14(10-11-16(25)26)17(27)30-21(4,5)6/h14-15H,10-13H2,1-9H3,(H,25,26)(H2,23,24,29)/t14-,15-/m0/s1. The molecule has 0 rings (SSSR count). The quantitative estimate of drug-likeness (QED) is 0.464. The number of hydrogen-bond donors (Lipinski definition) is 3. The molecule has 0 aliphatic rings. The van der Waals surface area contributed by atoms with E-state index in [-0.39, 0.29) is 18.3 Å². The lowest BCUT2D eigenvalue weighted by Gasteiger charge is -2.28. The molecule has 0 saturated carbocycles. The van der Waals surface area contributed by atoms with E-state index in [0.717, 1.165) is 0 Å². The Morgan fingerprint density at radius 3 is 1.45 bits per heavy atom. The highest BCUT2D eigenvalue weighted by molar-refractivity contribution is 5.87. The lowest BCUT2D eigenvalue weighted by atomic mass is 9.88. The fraction of sp³-hybridized carbons (Fsp3) is 0.818. The van der Waals surface area contributed by atoms with E-state index in [0.29, 0.717) is 12.8 Å². The van der Waals surface area contributed by atoms with Crippen LogP contribution in [0.1, 0.15) is 88.0 Å². The summed E-state index contributed by atoms with van der Waals surface area (Å²) in [6, 6.07) is -2.86. The van der Waals surface area contributed by atoms with Crippen molar-refractivity contribution in [1.29, 1.82) is 0 Å². The number of carbonyl (C=O) groups excluding carboxylic acids is 3. The lowest BCUT2D eigenvalue weighted by Crippen LogP contribution is -2.53. The predicted octanol–water partition coefficient (Wildman–Crippen LogP) is 3.40. The zero-order valence-electron chi connectivity index (χ0n) is 20.4. The zero-order valence-corrected chi connectivity index (χ0v) is 20.4. The van der Waals surface area contributed by atoms with Gasteiger partial charge in [0.2, 0.25) is 0 Å². The highest BCUT2D eigenvalue weighted by Crippen LogP contribution is 2.22. The van der Waals surface area contributed by atoms with Crippen LogP contribution in [0.15, 0.2) is 0 Å². The minimum atomic E-state index is -1.17. The first kappa shape index (κ1) is 28.7. The smallest absolute Gasteiger partial charge is 0.329 e. The monoisotopic (exact) mass is 444 g/mol. The van der Waals surface area contributed by atoms with Crippen LogP contribution in [0.25, 0.3) is 0 Å². The van der Waals surface area contributed by atoms with Gasteiger partial charge in [0.15, 0.2) is 0 Å². The second-order valence-corrected chi connectivity index (χ2v) is 10.8. The Balaban J connectivity index is 5.35. The van der Waals surface area contributed by atoms with Crippen molar-refractivity contribution in [2.24, 2.45) is 5.41 Å². The van der Waals surface area contributed by atoms with E-state index >= 15 is 0 Å². The average molecular weight is 445 g/mol. The highest BCUT2D eigenvalue weighted by Gasteiger charge is 2.31. The largest absolute Gasteiger partial charge is 0.481 e. The molecule has 2 amide bonds. The molecule has 2 atom stereocenters. The Morgan fingerprint density at radius 2 is 1.13 bits per heavy atom. The number of ether oxygens (including phenoxy) is 2. The van der Waals surface area contributed by atoms with Crippen molar-refractivity contribution in [2.45, 2.75) is 111 Å². The Labute approximate surface area is 185 Å². The van der Waals surface area contributed by atoms with E-state index in [1.54, 1.807) is 41.5 Å². The Kier molecular flexibility index (Phi) is 10.5. The number of esters is 2. The molecule has 0 heterocycles. The summed E-state index contributed by atoms with van der Waals surface area (Å²) < 4.78 is 10.7. The summed E-state index contributed by atoms with van der Waals surface area (Å²) in [5, 5.41) is 14.0. The van der Waals surface area contributed by atoms with E-state index < -0.39 is 47.2 Å². The normalized spacial score (nSPS) is 14.2. The van der Waals surface area contributed by atoms with Crippen LogP contribution in [0.3, 0.4) is 0 Å². The summed E-state index contributed by atoms with van der Waals surface area (Å²) in [6.45, 7) is 16.3. The first-order valence-corrected chi connectivity index (χ1v) is 10.5. The fourth-order valence-corrected chi connectivity index (χ4v) is 2.45. The van der Waals surface area contributed by atoms with Crippen molar-refractivity contribution in [2.75, 3.05) is 0 Å². The lowest BCUT2D eigenvalue weighted by molar-refractivity contribution is -0.158. The van der Waals surface area contributed by atoms with Gasteiger partial charge in [-0.3, -0.25) is 4.79 Å². The molecule has 0 saturated heterocycles. The van der Waals surface area contributed by atoms with Crippen LogP contribution in [0, 0.1) is 5.41 Å². The molecule has 0 aromatic carbocycles. The minimum Gasteiger partial charge on any atom is -0.481 e. The third-order valence-electron chi connectivity index (χ3n) is 3.82. The van der Waals surface area contributed by atoms with Gasteiger partial charge in [-0.1, -0.05) is 20.8 Å². The number of carbonyl (C=O) groups is 4. The van der Waals surface area contributed by atoms with Crippen LogP contribution < -0.4 is 10.6 Å². The molecule has 0 radical (unpaired) electrons. The average Bonchev–Trinajstić information content (AvgIpc) is 2.50. The number of urea groups is 1. The second kappa shape index (κ2) is 11.3. The molecule has 3 N–H and O–H groups in total. The number of hydrogen-bond acceptors (Lipinski definition) is 6. The van der Waals surface area contributed by atoms with Gasteiger partial charge in [-0.15, -0.1) is 0 Å². The van der Waals surface area contributed by atoms with Crippen LogP contribution in [0.4, 0.5) is 4.79 Å². The van der Waals surface area contributed by atoms with Crippen LogP contribution >= 0.6 is 0 Å². The fourth-order valence-electron chi connectivity index (χ4n) is 2.45. The highest BCUT2D eigenvalue weighted by atomic mass is 16.6. The number of carboxylic acids is 1. The first-order valence-electron chi connectivity index (χ1n) is 10.5. The third kappa shape index (κ3) is 15.2. The Morgan fingerprint density at radius 1 is 0.742 bits per heavy atom. The summed E-state index contributed by atoms with van der Waals surface area (Å²) in [5.74, 6) is -2.42. The molecule has 9 nitrogen and oxygen atoms in total. The molecule has 0 aliphatic heterocycles. The van der Waals surface area contributed by atoms with Crippen molar-refractivity contribution in [3.8, 4) is 0 Å². The minimum absolute atomic E-state index is 0.0705. The first-order chi connectivity index (χ1) is 13.8. The number of nitrogens with one attached hydrogen (secondary N) is 2. The van der Waals surface area contributed by atoms with Crippen LogP contribution in [0.5, 0.6) is 0 Å². The van der Waals surface area contributed by atoms with Crippen LogP contribution in [-0.4, -0.2) is 52.3 Å². The second-order valence-electron chi connectivity index (χ2n) is 10.8. The third-order valence-corrected chi connectivity index (χ3v) is 3.82. The molecule has 0 fully saturated rings. The molecule has 9 heteroatoms. The van der Waals surface area contributed by atoms with Gasteiger partial charge in [0.1, 0.15) is 23.3 Å². The SMILES string of the molecule is CC(C)(C)CC[C@H](NC(=O)N[C@@H](CCC(=O)O)C(=O)OC(C)(C)C)C(=O)OC(C)(C)C. The summed E-state index contributed by atoms with van der Waals surface area (Å²) in [5.41, 5.74) is -1.60. The van der Waals surface area contributed by atoms with E-state index in [9.17, 15) is 19.2 Å². The molecule has 0 aromatic heterocycles. The van der Waals surface area contributed by atoms with Gasteiger partial charge in [-0.25, -0.2) is 14.4 Å². The van der Waals surface area contributed by atoms with Gasteiger partial charge in [-0.05, 0) is 66.2 Å². The predicted molar refractivity (Wildman–Crippen MR) is 116 cm³/mol. The maximum Gasteiger partial charge on any atom is 0.329 e. The number of rotatable bonds is 9. The van der Waals surface area contributed by atoms with Gasteiger partial charge in [-0.2, -0.15) is 0 Å². The van der Waals surface area contributed by atoms with Crippen molar-refractivity contribution >= 4 is 23.9 Å². The summed E-state index contributed by atoms with van der Waals surface area (Å²) in [6.07, 6.45) is 0.518. The van der Waals surface area contributed by atoms with E-state index in [1.807, 2.05) is 20.8 Å². The summed E-state index contributed by atoms with van der Waals surface area (Å²) in [4.78, 5) is 48.5. The van der Waals surface area contributed by atoms with Gasteiger partial charge in [0.05, 0.1) is 0 Å². The number of aliphatic carboxylic acids is 1. The van der Waals surface area contributed by atoms with E-state index in [2.05, 4.69) is 10.6 Å². The molecular formula is C22H40N2O7. The van der Waals surface area contributed by atoms with E-state index in [4.69, 9.17) is 14.6 Å². The van der Waals surface area contributed by atoms with Gasteiger partial charge in [0, 0.05) is 6.42 Å². The molecule has 31 heavy (non-hydrogen) atoms. The molecule has 0 bridgehead atoms. The summed E-state index contributed by atoms with van der Waals surface area (Å²) >= 11 is 0. The molecule has 0 aromatic rings. The van der Waals surface area contributed by atoms with E-state index in [1.165, 1.54) is 0 Å². The molecule has 0 unspecified atom stereocenters. The van der Waals surface area contributed by atoms with Crippen molar-refractivity contribution in [3.63, 3.8) is 0 Å². The Hall–Kier alpha value is -2.32. The summed E-state index contributed by atoms with van der Waals surface area (Å²) in [7, 11) is 0. The molecule has 0 spiro atoms.